The molecule has 8 heteroatoms. The minimum atomic E-state index is -4.48. The number of nitrogens with two attached hydrogens (primary N) is 1. The van der Waals surface area contributed by atoms with Crippen LogP contribution < -0.4 is 11.1 Å². The number of anilines is 1. The van der Waals surface area contributed by atoms with Crippen LogP contribution in [0.25, 0.3) is 11.3 Å². The van der Waals surface area contributed by atoms with E-state index in [1.165, 1.54) is 36.4 Å². The van der Waals surface area contributed by atoms with Gasteiger partial charge in [0.25, 0.3) is 11.8 Å². The molecular formula is C19H13F3N2O3. The molecule has 3 rings (SSSR count). The van der Waals surface area contributed by atoms with Crippen LogP contribution in [0.2, 0.25) is 0 Å². The van der Waals surface area contributed by atoms with E-state index in [-0.39, 0.29) is 28.3 Å². The van der Waals surface area contributed by atoms with E-state index in [0.29, 0.717) is 0 Å². The Kier molecular flexibility index (Phi) is 4.72. The van der Waals surface area contributed by atoms with Gasteiger partial charge in [-0.25, -0.2) is 0 Å². The Morgan fingerprint density at radius 2 is 1.70 bits per heavy atom. The van der Waals surface area contributed by atoms with Crippen molar-refractivity contribution in [3.05, 3.63) is 77.6 Å². The fourth-order valence-electron chi connectivity index (χ4n) is 2.45. The zero-order valence-electron chi connectivity index (χ0n) is 13.7. The predicted octanol–water partition coefficient (Wildman–Crippen LogP) is 4.32. The number of halogens is 3. The van der Waals surface area contributed by atoms with Gasteiger partial charge >= 0.3 is 6.18 Å². The van der Waals surface area contributed by atoms with Gasteiger partial charge in [0, 0.05) is 5.56 Å². The molecule has 0 radical (unpaired) electrons. The number of nitrogens with one attached hydrogen (secondary N) is 1. The van der Waals surface area contributed by atoms with Crippen LogP contribution in [0.3, 0.4) is 0 Å². The number of furan rings is 1. The Hall–Kier alpha value is -3.55. The first-order chi connectivity index (χ1) is 12.8. The van der Waals surface area contributed by atoms with Crippen molar-refractivity contribution in [1.29, 1.82) is 0 Å². The minimum absolute atomic E-state index is 0.106. The van der Waals surface area contributed by atoms with Crippen LogP contribution in [-0.4, -0.2) is 11.8 Å². The molecule has 2 aromatic carbocycles. The normalized spacial score (nSPS) is 11.2. The molecule has 27 heavy (non-hydrogen) atoms. The number of hydrogen-bond donors (Lipinski definition) is 2. The van der Waals surface area contributed by atoms with E-state index in [2.05, 4.69) is 5.32 Å². The molecule has 3 aromatic rings. The Morgan fingerprint density at radius 3 is 2.41 bits per heavy atom. The van der Waals surface area contributed by atoms with E-state index < -0.39 is 23.6 Å². The number of rotatable bonds is 4. The van der Waals surface area contributed by atoms with Crippen molar-refractivity contribution in [3.63, 3.8) is 0 Å². The van der Waals surface area contributed by atoms with Crippen molar-refractivity contribution in [2.24, 2.45) is 5.73 Å². The maximum Gasteiger partial charge on any atom is 0.416 e. The lowest BCUT2D eigenvalue weighted by molar-refractivity contribution is -0.137. The van der Waals surface area contributed by atoms with E-state index in [4.69, 9.17) is 10.2 Å². The van der Waals surface area contributed by atoms with Gasteiger partial charge in [-0.15, -0.1) is 0 Å². The smallest absolute Gasteiger partial charge is 0.416 e. The summed E-state index contributed by atoms with van der Waals surface area (Å²) in [5, 5.41) is 2.50. The van der Waals surface area contributed by atoms with Crippen molar-refractivity contribution in [2.75, 3.05) is 5.32 Å². The van der Waals surface area contributed by atoms with Crippen LogP contribution in [-0.2, 0) is 6.18 Å². The van der Waals surface area contributed by atoms with Gasteiger partial charge in [-0.3, -0.25) is 9.59 Å². The highest BCUT2D eigenvalue weighted by Crippen LogP contribution is 2.32. The van der Waals surface area contributed by atoms with Gasteiger partial charge in [0.05, 0.1) is 16.8 Å². The summed E-state index contributed by atoms with van der Waals surface area (Å²) in [6, 6.07) is 13.4. The number of hydrogen-bond acceptors (Lipinski definition) is 3. The van der Waals surface area contributed by atoms with Crippen molar-refractivity contribution < 1.29 is 27.2 Å². The summed E-state index contributed by atoms with van der Waals surface area (Å²) in [5.41, 5.74) is 4.93. The third-order valence-electron chi connectivity index (χ3n) is 3.74. The van der Waals surface area contributed by atoms with Gasteiger partial charge in [-0.1, -0.05) is 24.3 Å². The van der Waals surface area contributed by atoms with Crippen LogP contribution in [0, 0.1) is 0 Å². The third kappa shape index (κ3) is 4.00. The Balaban J connectivity index is 1.84. The van der Waals surface area contributed by atoms with E-state index >= 15 is 0 Å². The molecule has 3 N–H and O–H groups in total. The summed E-state index contributed by atoms with van der Waals surface area (Å²) < 4.78 is 43.9. The fraction of sp³-hybridized carbons (Fsp3) is 0.0526. The first-order valence-electron chi connectivity index (χ1n) is 7.73. The number of amides is 2. The summed E-state index contributed by atoms with van der Waals surface area (Å²) in [6.07, 6.45) is -4.48. The lowest BCUT2D eigenvalue weighted by atomic mass is 10.1. The van der Waals surface area contributed by atoms with Crippen molar-refractivity contribution >= 4 is 17.5 Å². The molecule has 0 aliphatic carbocycles. The zero-order chi connectivity index (χ0) is 19.6. The molecule has 1 heterocycles. The summed E-state index contributed by atoms with van der Waals surface area (Å²) in [4.78, 5) is 23.7. The fourth-order valence-corrected chi connectivity index (χ4v) is 2.45. The molecule has 2 amide bonds. The maximum atomic E-state index is 12.8. The molecule has 5 nitrogen and oxygen atoms in total. The molecule has 0 unspecified atom stereocenters. The lowest BCUT2D eigenvalue weighted by Gasteiger charge is -2.08. The summed E-state index contributed by atoms with van der Waals surface area (Å²) >= 11 is 0. The molecule has 138 valence electrons. The monoisotopic (exact) mass is 374 g/mol. The number of benzene rings is 2. The van der Waals surface area contributed by atoms with Gasteiger partial charge in [-0.05, 0) is 36.4 Å². The van der Waals surface area contributed by atoms with E-state index in [0.717, 1.165) is 12.1 Å². The Morgan fingerprint density at radius 1 is 0.963 bits per heavy atom. The predicted molar refractivity (Wildman–Crippen MR) is 92.1 cm³/mol. The second-order valence-corrected chi connectivity index (χ2v) is 5.61. The first kappa shape index (κ1) is 18.2. The minimum Gasteiger partial charge on any atom is -0.451 e. The molecule has 0 bridgehead atoms. The van der Waals surface area contributed by atoms with Gasteiger partial charge in [0.2, 0.25) is 0 Å². The molecule has 0 fully saturated rings. The van der Waals surface area contributed by atoms with Gasteiger partial charge in [0.15, 0.2) is 5.76 Å². The highest BCUT2D eigenvalue weighted by Gasteiger charge is 2.30. The SMILES string of the molecule is NC(=O)c1ccccc1NC(=O)c1ccc(-c2cccc(C(F)(F)F)c2)o1. The summed E-state index contributed by atoms with van der Waals surface area (Å²) in [7, 11) is 0. The van der Waals surface area contributed by atoms with Crippen LogP contribution in [0.15, 0.2) is 65.1 Å². The van der Waals surface area contributed by atoms with Crippen molar-refractivity contribution in [3.8, 4) is 11.3 Å². The van der Waals surface area contributed by atoms with Gasteiger partial charge in [0.1, 0.15) is 5.76 Å². The molecule has 1 aromatic heterocycles. The zero-order valence-corrected chi connectivity index (χ0v) is 13.7. The molecule has 0 atom stereocenters. The second-order valence-electron chi connectivity index (χ2n) is 5.61. The molecular weight excluding hydrogens is 361 g/mol. The molecule has 0 saturated heterocycles. The van der Waals surface area contributed by atoms with E-state index in [1.807, 2.05) is 0 Å². The molecule has 0 spiro atoms. The van der Waals surface area contributed by atoms with Gasteiger partial charge < -0.3 is 15.5 Å². The maximum absolute atomic E-state index is 12.8. The number of para-hydroxylation sites is 1. The number of primary amides is 1. The number of carbonyl (C=O) groups excluding carboxylic acids is 2. The quantitative estimate of drug-likeness (QED) is 0.713. The Labute approximate surface area is 151 Å². The van der Waals surface area contributed by atoms with Crippen LogP contribution in [0.1, 0.15) is 26.5 Å². The van der Waals surface area contributed by atoms with Crippen molar-refractivity contribution in [2.45, 2.75) is 6.18 Å². The first-order valence-corrected chi connectivity index (χ1v) is 7.73. The number of alkyl halides is 3. The molecule has 0 aliphatic rings. The second kappa shape index (κ2) is 6.99. The standard InChI is InChI=1S/C19H13F3N2O3/c20-19(21,22)12-5-3-4-11(10-12)15-8-9-16(27-15)18(26)24-14-7-2-1-6-13(14)17(23)25/h1-10H,(H2,23,25)(H,24,26). The van der Waals surface area contributed by atoms with E-state index in [1.54, 1.807) is 12.1 Å². The van der Waals surface area contributed by atoms with E-state index in [9.17, 15) is 22.8 Å². The third-order valence-corrected chi connectivity index (χ3v) is 3.74. The molecule has 0 saturated carbocycles. The largest absolute Gasteiger partial charge is 0.451 e. The molecule has 0 aliphatic heterocycles. The average molecular weight is 374 g/mol. The van der Waals surface area contributed by atoms with Crippen LogP contribution in [0.4, 0.5) is 18.9 Å². The van der Waals surface area contributed by atoms with Gasteiger partial charge in [-0.2, -0.15) is 13.2 Å². The highest BCUT2D eigenvalue weighted by molar-refractivity contribution is 6.07. The lowest BCUT2D eigenvalue weighted by Crippen LogP contribution is -2.17. The highest BCUT2D eigenvalue weighted by atomic mass is 19.4. The number of carbonyl (C=O) groups is 2. The Bertz CT molecular complexity index is 1010. The van der Waals surface area contributed by atoms with Crippen LogP contribution >= 0.6 is 0 Å². The van der Waals surface area contributed by atoms with Crippen LogP contribution in [0.5, 0.6) is 0 Å². The topological polar surface area (TPSA) is 85.3 Å². The average Bonchev–Trinajstić information content (AvgIpc) is 3.12. The summed E-state index contributed by atoms with van der Waals surface area (Å²) in [6.45, 7) is 0. The summed E-state index contributed by atoms with van der Waals surface area (Å²) in [5.74, 6) is -1.40. The van der Waals surface area contributed by atoms with Crippen molar-refractivity contribution in [1.82, 2.24) is 0 Å².